The number of hydrogen-bond acceptors (Lipinski definition) is 7. The van der Waals surface area contributed by atoms with Gasteiger partial charge in [0.15, 0.2) is 29.4 Å². The number of imidazole rings is 1. The third kappa shape index (κ3) is 3.24. The smallest absolute Gasteiger partial charge is 0.259 e. The van der Waals surface area contributed by atoms with Gasteiger partial charge in [0.2, 0.25) is 0 Å². The highest BCUT2D eigenvalue weighted by molar-refractivity contribution is 6.08. The van der Waals surface area contributed by atoms with Crippen LogP contribution in [0.1, 0.15) is 23.5 Å². The predicted octanol–water partition coefficient (Wildman–Crippen LogP) is 1.08. The van der Waals surface area contributed by atoms with Crippen molar-refractivity contribution in [1.82, 2.24) is 19.5 Å². The van der Waals surface area contributed by atoms with Gasteiger partial charge in [-0.1, -0.05) is 18.2 Å². The molecule has 0 spiro atoms. The van der Waals surface area contributed by atoms with Crippen molar-refractivity contribution in [3.05, 3.63) is 48.5 Å². The molecule has 1 aromatic carbocycles. The maximum Gasteiger partial charge on any atom is 0.259 e. The summed E-state index contributed by atoms with van der Waals surface area (Å²) in [7, 11) is 0. The Labute approximate surface area is 165 Å². The number of fused-ring (bicyclic) bond motifs is 1. The molecule has 2 aromatic heterocycles. The predicted molar refractivity (Wildman–Crippen MR) is 101 cm³/mol. The number of rotatable bonds is 5. The molecule has 1 aliphatic heterocycles. The summed E-state index contributed by atoms with van der Waals surface area (Å²) in [5.74, 6) is 0.0386. The van der Waals surface area contributed by atoms with Crippen molar-refractivity contribution in [2.24, 2.45) is 0 Å². The number of benzene rings is 1. The minimum atomic E-state index is -1.77. The number of aliphatic hydroxyl groups is 2. The highest BCUT2D eigenvalue weighted by Crippen LogP contribution is 2.34. The number of anilines is 1. The molecular weight excluding hydrogens is 381 g/mol. The van der Waals surface area contributed by atoms with Gasteiger partial charge in [0.05, 0.1) is 12.9 Å². The van der Waals surface area contributed by atoms with Crippen LogP contribution >= 0.6 is 0 Å². The topological polar surface area (TPSA) is 114 Å². The van der Waals surface area contributed by atoms with Crippen LogP contribution in [0.5, 0.6) is 0 Å². The fraction of sp³-hybridized carbons (Fsp3) is 0.368. The molecule has 29 heavy (non-hydrogen) atoms. The largest absolute Gasteiger partial charge is 0.394 e. The minimum Gasteiger partial charge on any atom is -0.394 e. The zero-order valence-corrected chi connectivity index (χ0v) is 15.6. The standard InChI is InChI=1S/C19H20FN5O4/c1-2-24(18(28)11-6-4-3-5-7-11)16-14-17(22-9-21-16)25(10-23-14)19-13(20)15(27)12(8-26)29-19/h3-7,9-10,12-13,15,19,26-27H,2,8H2,1H3/t12-,13-,15-,19-/m1/s1. The number of amides is 1. The van der Waals surface area contributed by atoms with Crippen LogP contribution in [0, 0.1) is 0 Å². The van der Waals surface area contributed by atoms with Gasteiger partial charge in [0.25, 0.3) is 5.91 Å². The molecule has 1 aliphatic rings. The minimum absolute atomic E-state index is 0.251. The van der Waals surface area contributed by atoms with E-state index in [0.717, 1.165) is 0 Å². The van der Waals surface area contributed by atoms with Gasteiger partial charge in [0.1, 0.15) is 18.5 Å². The van der Waals surface area contributed by atoms with Crippen molar-refractivity contribution in [1.29, 1.82) is 0 Å². The van der Waals surface area contributed by atoms with Crippen molar-refractivity contribution >= 4 is 22.9 Å². The van der Waals surface area contributed by atoms with E-state index in [-0.39, 0.29) is 17.4 Å². The van der Waals surface area contributed by atoms with Crippen molar-refractivity contribution in [2.45, 2.75) is 31.5 Å². The quantitative estimate of drug-likeness (QED) is 0.658. The first-order valence-corrected chi connectivity index (χ1v) is 9.19. The van der Waals surface area contributed by atoms with Gasteiger partial charge >= 0.3 is 0 Å². The molecule has 9 nitrogen and oxygen atoms in total. The van der Waals surface area contributed by atoms with Gasteiger partial charge in [-0.2, -0.15) is 0 Å². The molecule has 2 N–H and O–H groups in total. The Kier molecular flexibility index (Phi) is 5.22. The number of aliphatic hydroxyl groups excluding tert-OH is 2. The van der Waals surface area contributed by atoms with E-state index in [0.29, 0.717) is 17.6 Å². The SMILES string of the molecule is CCN(C(=O)c1ccccc1)c1ncnc2c1ncn2[C@@H]1O[C@H](CO)[C@@H](O)[C@H]1F. The number of nitrogens with zero attached hydrogens (tertiary/aromatic N) is 5. The fourth-order valence-corrected chi connectivity index (χ4v) is 3.43. The lowest BCUT2D eigenvalue weighted by atomic mass is 10.1. The first-order valence-electron chi connectivity index (χ1n) is 9.19. The van der Waals surface area contributed by atoms with E-state index < -0.39 is 31.2 Å². The van der Waals surface area contributed by atoms with E-state index in [9.17, 15) is 19.4 Å². The van der Waals surface area contributed by atoms with Gasteiger partial charge in [-0.25, -0.2) is 19.3 Å². The molecule has 0 saturated carbocycles. The Morgan fingerprint density at radius 2 is 2.03 bits per heavy atom. The normalized spacial score (nSPS) is 24.1. The molecule has 4 rings (SSSR count). The average molecular weight is 401 g/mol. The summed E-state index contributed by atoms with van der Waals surface area (Å²) in [4.78, 5) is 27.1. The Morgan fingerprint density at radius 1 is 1.28 bits per heavy atom. The summed E-state index contributed by atoms with van der Waals surface area (Å²) in [5.41, 5.74) is 1.06. The fourth-order valence-electron chi connectivity index (χ4n) is 3.43. The maximum atomic E-state index is 14.5. The highest BCUT2D eigenvalue weighted by atomic mass is 19.1. The summed E-state index contributed by atoms with van der Waals surface area (Å²) < 4.78 is 21.3. The van der Waals surface area contributed by atoms with Crippen LogP contribution in [0.2, 0.25) is 0 Å². The molecule has 10 heteroatoms. The summed E-state index contributed by atoms with van der Waals surface area (Å²) in [6.45, 7) is 1.63. The van der Waals surface area contributed by atoms with Gasteiger partial charge in [-0.3, -0.25) is 14.3 Å². The summed E-state index contributed by atoms with van der Waals surface area (Å²) in [6.07, 6.45) is -2.88. The zero-order chi connectivity index (χ0) is 20.5. The second kappa shape index (κ2) is 7.82. The van der Waals surface area contributed by atoms with Gasteiger partial charge in [-0.05, 0) is 19.1 Å². The van der Waals surface area contributed by atoms with E-state index in [2.05, 4.69) is 15.0 Å². The van der Waals surface area contributed by atoms with E-state index >= 15 is 0 Å². The van der Waals surface area contributed by atoms with Crippen molar-refractivity contribution in [3.8, 4) is 0 Å². The molecule has 0 unspecified atom stereocenters. The maximum absolute atomic E-state index is 14.5. The van der Waals surface area contributed by atoms with Gasteiger partial charge < -0.3 is 14.9 Å². The van der Waals surface area contributed by atoms with E-state index in [4.69, 9.17) is 4.74 Å². The van der Waals surface area contributed by atoms with E-state index in [1.165, 1.54) is 22.1 Å². The van der Waals surface area contributed by atoms with Crippen LogP contribution in [0.25, 0.3) is 11.2 Å². The van der Waals surface area contributed by atoms with Crippen molar-refractivity contribution in [2.75, 3.05) is 18.1 Å². The lowest BCUT2D eigenvalue weighted by molar-refractivity contribution is -0.0459. The summed E-state index contributed by atoms with van der Waals surface area (Å²) >= 11 is 0. The molecule has 152 valence electrons. The van der Waals surface area contributed by atoms with Gasteiger partial charge in [0, 0.05) is 12.1 Å². The van der Waals surface area contributed by atoms with Crippen molar-refractivity contribution < 1.29 is 24.1 Å². The van der Waals surface area contributed by atoms with Crippen LogP contribution in [0.3, 0.4) is 0 Å². The molecule has 1 saturated heterocycles. The lowest BCUT2D eigenvalue weighted by Crippen LogP contribution is -2.31. The molecule has 4 atom stereocenters. The second-order valence-electron chi connectivity index (χ2n) is 6.62. The van der Waals surface area contributed by atoms with E-state index in [1.807, 2.05) is 13.0 Å². The van der Waals surface area contributed by atoms with Crippen LogP contribution in [0.15, 0.2) is 43.0 Å². The van der Waals surface area contributed by atoms with Crippen LogP contribution in [-0.2, 0) is 4.74 Å². The number of hydrogen-bond donors (Lipinski definition) is 2. The molecule has 1 fully saturated rings. The molecule has 0 aliphatic carbocycles. The zero-order valence-electron chi connectivity index (χ0n) is 15.6. The first kappa shape index (κ1) is 19.4. The number of aromatic nitrogens is 4. The number of alkyl halides is 1. The van der Waals surface area contributed by atoms with Crippen LogP contribution in [-0.4, -0.2) is 67.2 Å². The number of carbonyl (C=O) groups excluding carboxylic acids is 1. The van der Waals surface area contributed by atoms with Crippen LogP contribution < -0.4 is 4.90 Å². The number of carbonyl (C=O) groups is 1. The third-order valence-corrected chi connectivity index (χ3v) is 4.93. The van der Waals surface area contributed by atoms with Gasteiger partial charge in [-0.15, -0.1) is 0 Å². The summed E-state index contributed by atoms with van der Waals surface area (Å²) in [5, 5.41) is 19.2. The third-order valence-electron chi connectivity index (χ3n) is 4.93. The monoisotopic (exact) mass is 401 g/mol. The summed E-state index contributed by atoms with van der Waals surface area (Å²) in [6, 6.07) is 8.78. The molecule has 1 amide bonds. The van der Waals surface area contributed by atoms with Crippen LogP contribution in [0.4, 0.5) is 10.2 Å². The Bertz CT molecular complexity index is 1010. The second-order valence-corrected chi connectivity index (χ2v) is 6.62. The number of halogens is 1. The molecule has 0 radical (unpaired) electrons. The number of ether oxygens (including phenoxy) is 1. The highest BCUT2D eigenvalue weighted by Gasteiger charge is 2.45. The first-order chi connectivity index (χ1) is 14.1. The average Bonchev–Trinajstić information content (AvgIpc) is 3.31. The Balaban J connectivity index is 1.73. The Morgan fingerprint density at radius 3 is 2.69 bits per heavy atom. The lowest BCUT2D eigenvalue weighted by Gasteiger charge is -2.20. The van der Waals surface area contributed by atoms with E-state index in [1.54, 1.807) is 24.3 Å². The molecular formula is C19H20FN5O4. The molecule has 0 bridgehead atoms. The molecule has 3 aromatic rings. The van der Waals surface area contributed by atoms with Crippen molar-refractivity contribution in [3.63, 3.8) is 0 Å². The molecule has 3 heterocycles. The Hall–Kier alpha value is -2.95.